The standard InChI is InChI=1S/C17H19N5O4S/c23-13-4-7-21(17(26)19-13)8-5-14(24)22-6-3-11-12(9-22)27-16(18-11)20-15(25)10-1-2-10/h4,7,10H,1-3,5-6,8-9H2,(H,18,20,25)(H,19,23,26). The lowest BCUT2D eigenvalue weighted by molar-refractivity contribution is -0.132. The van der Waals surface area contributed by atoms with Gasteiger partial charge in [0.05, 0.1) is 12.2 Å². The molecule has 0 spiro atoms. The molecule has 2 aromatic rings. The van der Waals surface area contributed by atoms with E-state index in [-0.39, 0.29) is 30.7 Å². The van der Waals surface area contributed by atoms with E-state index >= 15 is 0 Å². The van der Waals surface area contributed by atoms with Gasteiger partial charge in [-0.25, -0.2) is 9.78 Å². The Labute approximate surface area is 158 Å². The van der Waals surface area contributed by atoms with Crippen LogP contribution >= 0.6 is 11.3 Å². The van der Waals surface area contributed by atoms with Crippen molar-refractivity contribution < 1.29 is 9.59 Å². The highest BCUT2D eigenvalue weighted by atomic mass is 32.1. The fourth-order valence-electron chi connectivity index (χ4n) is 3.01. The zero-order valence-corrected chi connectivity index (χ0v) is 15.4. The van der Waals surface area contributed by atoms with E-state index in [4.69, 9.17) is 0 Å². The Kier molecular flexibility index (Phi) is 4.65. The Morgan fingerprint density at radius 2 is 2.15 bits per heavy atom. The van der Waals surface area contributed by atoms with Crippen LogP contribution in [-0.2, 0) is 29.1 Å². The van der Waals surface area contributed by atoms with Crippen LogP contribution < -0.4 is 16.6 Å². The molecule has 0 saturated heterocycles. The summed E-state index contributed by atoms with van der Waals surface area (Å²) in [6.45, 7) is 1.24. The first-order valence-corrected chi connectivity index (χ1v) is 9.68. The summed E-state index contributed by atoms with van der Waals surface area (Å²) in [5, 5.41) is 3.46. The van der Waals surface area contributed by atoms with Crippen molar-refractivity contribution in [3.63, 3.8) is 0 Å². The van der Waals surface area contributed by atoms with Gasteiger partial charge in [-0.3, -0.25) is 19.4 Å². The number of nitrogens with one attached hydrogen (secondary N) is 2. The first-order valence-electron chi connectivity index (χ1n) is 8.86. The fraction of sp³-hybridized carbons (Fsp3) is 0.471. The van der Waals surface area contributed by atoms with E-state index in [1.165, 1.54) is 28.2 Å². The van der Waals surface area contributed by atoms with Crippen LogP contribution in [0.2, 0.25) is 0 Å². The van der Waals surface area contributed by atoms with Crippen LogP contribution in [0.3, 0.4) is 0 Å². The van der Waals surface area contributed by atoms with Crippen LogP contribution in [0, 0.1) is 5.92 Å². The van der Waals surface area contributed by atoms with Gasteiger partial charge in [-0.05, 0) is 12.8 Å². The Balaban J connectivity index is 1.36. The normalized spacial score (nSPS) is 16.1. The lowest BCUT2D eigenvalue weighted by Gasteiger charge is -2.26. The van der Waals surface area contributed by atoms with Gasteiger partial charge >= 0.3 is 5.69 Å². The molecule has 0 atom stereocenters. The number of carbonyl (C=O) groups excluding carboxylic acids is 2. The number of amides is 2. The second kappa shape index (κ2) is 7.10. The maximum absolute atomic E-state index is 12.5. The second-order valence-corrected chi connectivity index (χ2v) is 7.85. The molecular weight excluding hydrogens is 370 g/mol. The van der Waals surface area contributed by atoms with Crippen molar-refractivity contribution in [2.24, 2.45) is 5.92 Å². The summed E-state index contributed by atoms with van der Waals surface area (Å²) >= 11 is 1.42. The molecule has 2 amide bonds. The van der Waals surface area contributed by atoms with Crippen LogP contribution in [0.25, 0.3) is 0 Å². The Bertz CT molecular complexity index is 1000. The van der Waals surface area contributed by atoms with Crippen molar-refractivity contribution in [3.05, 3.63) is 43.7 Å². The predicted octanol–water partition coefficient (Wildman–Crippen LogP) is 0.317. The van der Waals surface area contributed by atoms with Crippen LogP contribution in [0.1, 0.15) is 29.8 Å². The number of rotatable bonds is 5. The summed E-state index contributed by atoms with van der Waals surface area (Å²) < 4.78 is 1.31. The minimum Gasteiger partial charge on any atom is -0.337 e. The molecule has 2 aliphatic rings. The molecule has 0 unspecified atom stereocenters. The molecule has 1 aliphatic heterocycles. The highest BCUT2D eigenvalue weighted by Gasteiger charge is 2.31. The maximum Gasteiger partial charge on any atom is 0.328 e. The van der Waals surface area contributed by atoms with Crippen LogP contribution in [0.4, 0.5) is 5.13 Å². The SMILES string of the molecule is O=C(Nc1nc2c(s1)CN(C(=O)CCn1ccc(=O)[nH]c1=O)CC2)C1CC1. The molecule has 27 heavy (non-hydrogen) atoms. The van der Waals surface area contributed by atoms with Crippen LogP contribution in [-0.4, -0.2) is 37.8 Å². The van der Waals surface area contributed by atoms with Gasteiger partial charge in [-0.2, -0.15) is 0 Å². The van der Waals surface area contributed by atoms with Crippen molar-refractivity contribution in [1.29, 1.82) is 0 Å². The lowest BCUT2D eigenvalue weighted by atomic mass is 10.1. The average Bonchev–Trinajstić information content (AvgIpc) is 3.41. The highest BCUT2D eigenvalue weighted by Crippen LogP contribution is 2.33. The van der Waals surface area contributed by atoms with E-state index in [1.54, 1.807) is 4.90 Å². The summed E-state index contributed by atoms with van der Waals surface area (Å²) in [6, 6.07) is 1.26. The van der Waals surface area contributed by atoms with Crippen LogP contribution in [0.15, 0.2) is 21.9 Å². The third kappa shape index (κ3) is 4.00. The number of H-pyrrole nitrogens is 1. The molecule has 1 fully saturated rings. The molecule has 2 N–H and O–H groups in total. The van der Waals surface area contributed by atoms with Gasteiger partial charge in [0.1, 0.15) is 0 Å². The van der Waals surface area contributed by atoms with E-state index in [0.717, 1.165) is 23.4 Å². The van der Waals surface area contributed by atoms with Crippen LogP contribution in [0.5, 0.6) is 0 Å². The first-order chi connectivity index (χ1) is 13.0. The summed E-state index contributed by atoms with van der Waals surface area (Å²) in [6.07, 6.45) is 4.09. The smallest absolute Gasteiger partial charge is 0.328 e. The minimum atomic E-state index is -0.519. The van der Waals surface area contributed by atoms with Gasteiger partial charge in [0, 0.05) is 49.0 Å². The number of hydrogen-bond donors (Lipinski definition) is 2. The topological polar surface area (TPSA) is 117 Å². The molecule has 10 heteroatoms. The highest BCUT2D eigenvalue weighted by molar-refractivity contribution is 7.15. The quantitative estimate of drug-likeness (QED) is 0.764. The lowest BCUT2D eigenvalue weighted by Crippen LogP contribution is -2.37. The molecular formula is C17H19N5O4S. The Hall–Kier alpha value is -2.75. The van der Waals surface area contributed by atoms with Gasteiger partial charge < -0.3 is 14.8 Å². The first kappa shape index (κ1) is 17.7. The zero-order valence-electron chi connectivity index (χ0n) is 14.6. The van der Waals surface area contributed by atoms with Crippen molar-refractivity contribution >= 4 is 28.3 Å². The van der Waals surface area contributed by atoms with Crippen molar-refractivity contribution in [3.8, 4) is 0 Å². The molecule has 1 saturated carbocycles. The van der Waals surface area contributed by atoms with E-state index in [0.29, 0.717) is 24.6 Å². The third-order valence-corrected chi connectivity index (χ3v) is 5.72. The predicted molar refractivity (Wildman–Crippen MR) is 98.5 cm³/mol. The molecule has 142 valence electrons. The number of fused-ring (bicyclic) bond motifs is 1. The molecule has 9 nitrogen and oxygen atoms in total. The summed E-state index contributed by atoms with van der Waals surface area (Å²) in [7, 11) is 0. The molecule has 0 aromatic carbocycles. The number of aryl methyl sites for hydroxylation is 1. The number of hydrogen-bond acceptors (Lipinski definition) is 6. The van der Waals surface area contributed by atoms with Gasteiger partial charge in [0.15, 0.2) is 5.13 Å². The fourth-order valence-corrected chi connectivity index (χ4v) is 4.04. The monoisotopic (exact) mass is 389 g/mol. The number of nitrogens with zero attached hydrogens (tertiary/aromatic N) is 3. The van der Waals surface area contributed by atoms with Gasteiger partial charge in [-0.1, -0.05) is 11.3 Å². The molecule has 1 aliphatic carbocycles. The number of aromatic amines is 1. The third-order valence-electron chi connectivity index (χ3n) is 4.73. The summed E-state index contributed by atoms with van der Waals surface area (Å²) in [5.41, 5.74) is -0.0392. The van der Waals surface area contributed by atoms with E-state index in [9.17, 15) is 19.2 Å². The van der Waals surface area contributed by atoms with Crippen molar-refractivity contribution in [2.75, 3.05) is 11.9 Å². The second-order valence-electron chi connectivity index (χ2n) is 6.77. The van der Waals surface area contributed by atoms with Gasteiger partial charge in [-0.15, -0.1) is 0 Å². The number of thiazole rings is 1. The van der Waals surface area contributed by atoms with Crippen molar-refractivity contribution in [1.82, 2.24) is 19.4 Å². The summed E-state index contributed by atoms with van der Waals surface area (Å²) in [4.78, 5) is 56.5. The number of carbonyl (C=O) groups is 2. The molecule has 4 rings (SSSR count). The van der Waals surface area contributed by atoms with E-state index < -0.39 is 11.2 Å². The molecule has 2 aromatic heterocycles. The minimum absolute atomic E-state index is 0.0281. The van der Waals surface area contributed by atoms with E-state index in [1.807, 2.05) is 0 Å². The largest absolute Gasteiger partial charge is 0.337 e. The number of anilines is 1. The van der Waals surface area contributed by atoms with Gasteiger partial charge in [0.2, 0.25) is 11.8 Å². The molecule has 0 radical (unpaired) electrons. The Morgan fingerprint density at radius 3 is 2.89 bits per heavy atom. The van der Waals surface area contributed by atoms with Crippen molar-refractivity contribution in [2.45, 2.75) is 38.8 Å². The zero-order chi connectivity index (χ0) is 19.0. The maximum atomic E-state index is 12.5. The molecule has 3 heterocycles. The summed E-state index contributed by atoms with van der Waals surface area (Å²) in [5.74, 6) is 0.0939. The molecule has 0 bridgehead atoms. The Morgan fingerprint density at radius 1 is 1.33 bits per heavy atom. The average molecular weight is 389 g/mol. The number of aromatic nitrogens is 3. The van der Waals surface area contributed by atoms with E-state index in [2.05, 4.69) is 15.3 Å². The van der Waals surface area contributed by atoms with Gasteiger partial charge in [0.25, 0.3) is 5.56 Å².